The maximum absolute atomic E-state index is 12.2. The molecule has 0 spiro atoms. The predicted molar refractivity (Wildman–Crippen MR) is 63.6 cm³/mol. The minimum absolute atomic E-state index is 0.00570. The van der Waals surface area contributed by atoms with Crippen LogP contribution in [0.25, 0.3) is 0 Å². The molecule has 1 N–H and O–H groups in total. The lowest BCUT2D eigenvalue weighted by Gasteiger charge is -2.26. The van der Waals surface area contributed by atoms with Crippen LogP contribution < -0.4 is 0 Å². The van der Waals surface area contributed by atoms with Crippen LogP contribution in [-0.2, 0) is 6.42 Å². The van der Waals surface area contributed by atoms with Gasteiger partial charge in [0.05, 0.1) is 11.4 Å². The summed E-state index contributed by atoms with van der Waals surface area (Å²) in [5.74, 6) is -0.00570. The van der Waals surface area contributed by atoms with E-state index in [-0.39, 0.29) is 5.91 Å². The Balaban J connectivity index is 2.07. The Bertz CT molecular complexity index is 433. The lowest BCUT2D eigenvalue weighted by Crippen LogP contribution is -2.38. The summed E-state index contributed by atoms with van der Waals surface area (Å²) >= 11 is 1.15. The number of hydrogen-bond acceptors (Lipinski definition) is 6. The van der Waals surface area contributed by atoms with E-state index in [9.17, 15) is 4.79 Å². The minimum Gasteiger partial charge on any atom is -0.411 e. The highest BCUT2D eigenvalue weighted by atomic mass is 32.1. The molecule has 1 aliphatic rings. The van der Waals surface area contributed by atoms with Crippen LogP contribution in [0.4, 0.5) is 0 Å². The Hall–Kier alpha value is -1.50. The van der Waals surface area contributed by atoms with Crippen molar-refractivity contribution in [2.24, 2.45) is 5.16 Å². The average molecular weight is 254 g/mol. The molecule has 1 aliphatic heterocycles. The van der Waals surface area contributed by atoms with Crippen molar-refractivity contribution in [3.8, 4) is 0 Å². The molecular weight excluding hydrogens is 240 g/mol. The number of likely N-dealkylation sites (tertiary alicyclic amines) is 1. The largest absolute Gasteiger partial charge is 0.411 e. The van der Waals surface area contributed by atoms with Crippen molar-refractivity contribution >= 4 is 23.2 Å². The van der Waals surface area contributed by atoms with Crippen molar-refractivity contribution in [3.05, 3.63) is 10.6 Å². The van der Waals surface area contributed by atoms with Crippen molar-refractivity contribution < 1.29 is 10.0 Å². The number of hydrogen-bond donors (Lipinski definition) is 1. The van der Waals surface area contributed by atoms with Gasteiger partial charge in [0.25, 0.3) is 5.91 Å². The van der Waals surface area contributed by atoms with Crippen LogP contribution in [0, 0.1) is 0 Å². The zero-order valence-corrected chi connectivity index (χ0v) is 10.4. The minimum atomic E-state index is -0.00570. The summed E-state index contributed by atoms with van der Waals surface area (Å²) in [7, 11) is 0. The van der Waals surface area contributed by atoms with Crippen molar-refractivity contribution in [2.45, 2.75) is 26.2 Å². The molecular formula is C10H14N4O2S. The van der Waals surface area contributed by atoms with Gasteiger partial charge in [0.15, 0.2) is 0 Å². The highest BCUT2D eigenvalue weighted by molar-refractivity contribution is 7.08. The molecule has 0 unspecified atom stereocenters. The Morgan fingerprint density at radius 3 is 2.82 bits per heavy atom. The first-order valence-corrected chi connectivity index (χ1v) is 6.34. The quantitative estimate of drug-likeness (QED) is 0.634. The molecule has 0 aliphatic carbocycles. The average Bonchev–Trinajstić information content (AvgIpc) is 2.86. The van der Waals surface area contributed by atoms with Gasteiger partial charge in [-0.05, 0) is 18.0 Å². The first-order valence-electron chi connectivity index (χ1n) is 5.56. The van der Waals surface area contributed by atoms with Gasteiger partial charge in [-0.25, -0.2) is 0 Å². The van der Waals surface area contributed by atoms with Gasteiger partial charge in [-0.15, -0.1) is 5.10 Å². The SMILES string of the molecule is CCc1nnsc1C(=O)N1CCC(=NO)CC1. The third kappa shape index (κ3) is 2.44. The summed E-state index contributed by atoms with van der Waals surface area (Å²) in [6, 6.07) is 0. The Morgan fingerprint density at radius 2 is 2.24 bits per heavy atom. The number of carbonyl (C=O) groups is 1. The molecule has 1 amide bonds. The molecule has 7 heteroatoms. The van der Waals surface area contributed by atoms with Crippen LogP contribution in [0.1, 0.15) is 35.1 Å². The van der Waals surface area contributed by atoms with Gasteiger partial charge in [-0.2, -0.15) is 0 Å². The fourth-order valence-corrected chi connectivity index (χ4v) is 2.53. The summed E-state index contributed by atoms with van der Waals surface area (Å²) in [4.78, 5) is 14.6. The second kappa shape index (κ2) is 5.22. The molecule has 1 aromatic heterocycles. The molecule has 2 heterocycles. The molecule has 17 heavy (non-hydrogen) atoms. The number of amides is 1. The first-order chi connectivity index (χ1) is 8.26. The topological polar surface area (TPSA) is 78.7 Å². The number of aromatic nitrogens is 2. The molecule has 0 radical (unpaired) electrons. The monoisotopic (exact) mass is 254 g/mol. The zero-order chi connectivity index (χ0) is 12.3. The summed E-state index contributed by atoms with van der Waals surface area (Å²) in [6.07, 6.45) is 1.99. The number of aryl methyl sites for hydroxylation is 1. The molecule has 0 saturated carbocycles. The van der Waals surface area contributed by atoms with Gasteiger partial charge in [-0.3, -0.25) is 4.79 Å². The fourth-order valence-electron chi connectivity index (χ4n) is 1.81. The summed E-state index contributed by atoms with van der Waals surface area (Å²) in [5.41, 5.74) is 1.52. The van der Waals surface area contributed by atoms with Gasteiger partial charge in [-0.1, -0.05) is 16.6 Å². The first kappa shape index (κ1) is 12.0. The summed E-state index contributed by atoms with van der Waals surface area (Å²) < 4.78 is 3.82. The van der Waals surface area contributed by atoms with Crippen molar-refractivity contribution in [3.63, 3.8) is 0 Å². The van der Waals surface area contributed by atoms with Crippen LogP contribution in [0.15, 0.2) is 5.16 Å². The van der Waals surface area contributed by atoms with E-state index in [1.807, 2.05) is 6.92 Å². The maximum atomic E-state index is 12.2. The van der Waals surface area contributed by atoms with E-state index in [0.29, 0.717) is 30.8 Å². The van der Waals surface area contributed by atoms with Gasteiger partial charge < -0.3 is 10.1 Å². The number of oxime groups is 1. The molecule has 92 valence electrons. The molecule has 1 saturated heterocycles. The van der Waals surface area contributed by atoms with Crippen LogP contribution in [0.3, 0.4) is 0 Å². The van der Waals surface area contributed by atoms with E-state index >= 15 is 0 Å². The third-order valence-corrected chi connectivity index (χ3v) is 3.61. The van der Waals surface area contributed by atoms with Gasteiger partial charge >= 0.3 is 0 Å². The smallest absolute Gasteiger partial charge is 0.267 e. The van der Waals surface area contributed by atoms with E-state index in [0.717, 1.165) is 29.4 Å². The van der Waals surface area contributed by atoms with Crippen LogP contribution >= 0.6 is 11.5 Å². The van der Waals surface area contributed by atoms with Crippen molar-refractivity contribution in [2.75, 3.05) is 13.1 Å². The third-order valence-electron chi connectivity index (χ3n) is 2.85. The molecule has 2 rings (SSSR count). The van der Waals surface area contributed by atoms with E-state index in [2.05, 4.69) is 14.7 Å². The van der Waals surface area contributed by atoms with Crippen LogP contribution in [-0.4, -0.2) is 44.4 Å². The van der Waals surface area contributed by atoms with E-state index in [1.54, 1.807) is 4.90 Å². The lowest BCUT2D eigenvalue weighted by atomic mass is 10.1. The van der Waals surface area contributed by atoms with E-state index in [1.165, 1.54) is 0 Å². The second-order valence-electron chi connectivity index (χ2n) is 3.86. The molecule has 0 bridgehead atoms. The Labute approximate surface area is 103 Å². The number of carbonyl (C=O) groups excluding carboxylic acids is 1. The van der Waals surface area contributed by atoms with Crippen LogP contribution in [0.2, 0.25) is 0 Å². The standard InChI is InChI=1S/C10H14N4O2S/c1-2-8-9(17-13-11-8)10(15)14-5-3-7(12-16)4-6-14/h16H,2-6H2,1H3. The van der Waals surface area contributed by atoms with Gasteiger partial charge in [0.1, 0.15) is 4.88 Å². The lowest BCUT2D eigenvalue weighted by molar-refractivity contribution is 0.0757. The molecule has 1 fully saturated rings. The number of piperidine rings is 1. The molecule has 1 aromatic rings. The van der Waals surface area contributed by atoms with Gasteiger partial charge in [0.2, 0.25) is 0 Å². The van der Waals surface area contributed by atoms with E-state index < -0.39 is 0 Å². The van der Waals surface area contributed by atoms with Crippen LogP contribution in [0.5, 0.6) is 0 Å². The Morgan fingerprint density at radius 1 is 1.53 bits per heavy atom. The fraction of sp³-hybridized carbons (Fsp3) is 0.600. The Kier molecular flexibility index (Phi) is 3.68. The normalized spacial score (nSPS) is 16.1. The highest BCUT2D eigenvalue weighted by Gasteiger charge is 2.24. The second-order valence-corrected chi connectivity index (χ2v) is 4.61. The summed E-state index contributed by atoms with van der Waals surface area (Å²) in [6.45, 7) is 3.15. The van der Waals surface area contributed by atoms with Crippen molar-refractivity contribution in [1.82, 2.24) is 14.5 Å². The summed E-state index contributed by atoms with van der Waals surface area (Å²) in [5, 5.41) is 15.8. The predicted octanol–water partition coefficient (Wildman–Crippen LogP) is 1.17. The maximum Gasteiger partial charge on any atom is 0.267 e. The van der Waals surface area contributed by atoms with Crippen molar-refractivity contribution in [1.29, 1.82) is 0 Å². The molecule has 6 nitrogen and oxygen atoms in total. The van der Waals surface area contributed by atoms with E-state index in [4.69, 9.17) is 5.21 Å². The molecule has 0 atom stereocenters. The highest BCUT2D eigenvalue weighted by Crippen LogP contribution is 2.17. The zero-order valence-electron chi connectivity index (χ0n) is 9.59. The number of rotatable bonds is 2. The molecule has 0 aromatic carbocycles. The van der Waals surface area contributed by atoms with Gasteiger partial charge in [0, 0.05) is 25.9 Å². The number of nitrogens with zero attached hydrogens (tertiary/aromatic N) is 4.